The monoisotopic (exact) mass is 294 g/mol. The molecule has 98 valence electrons. The summed E-state index contributed by atoms with van der Waals surface area (Å²) in [5.74, 6) is -0.158. The van der Waals surface area contributed by atoms with Crippen molar-refractivity contribution >= 4 is 40.5 Å². The smallest absolute Gasteiger partial charge is 0.228 e. The molecule has 0 spiro atoms. The predicted octanol–water partition coefficient (Wildman–Crippen LogP) is 3.76. The van der Waals surface area contributed by atoms with Gasteiger partial charge in [-0.15, -0.1) is 0 Å². The zero-order chi connectivity index (χ0) is 13.8. The van der Waals surface area contributed by atoms with E-state index in [2.05, 4.69) is 5.32 Å². The lowest BCUT2D eigenvalue weighted by atomic mass is 10.1. The first kappa shape index (κ1) is 13.7. The summed E-state index contributed by atoms with van der Waals surface area (Å²) >= 11 is 11.8. The topological polar surface area (TPSA) is 55.1 Å². The van der Waals surface area contributed by atoms with Crippen molar-refractivity contribution in [1.82, 2.24) is 0 Å². The lowest BCUT2D eigenvalue weighted by Crippen LogP contribution is -2.14. The summed E-state index contributed by atoms with van der Waals surface area (Å²) in [7, 11) is 0. The maximum Gasteiger partial charge on any atom is 0.228 e. The van der Waals surface area contributed by atoms with Crippen LogP contribution in [0.15, 0.2) is 42.5 Å². The molecule has 0 atom stereocenters. The summed E-state index contributed by atoms with van der Waals surface area (Å²) < 4.78 is 0. The van der Waals surface area contributed by atoms with Crippen LogP contribution in [-0.4, -0.2) is 5.91 Å². The number of carbonyl (C=O) groups is 1. The van der Waals surface area contributed by atoms with Crippen LogP contribution in [0.5, 0.6) is 0 Å². The summed E-state index contributed by atoms with van der Waals surface area (Å²) in [4.78, 5) is 11.9. The van der Waals surface area contributed by atoms with Gasteiger partial charge in [-0.05, 0) is 35.9 Å². The number of nitrogen functional groups attached to an aromatic ring is 1. The molecule has 0 saturated carbocycles. The van der Waals surface area contributed by atoms with Gasteiger partial charge in [-0.25, -0.2) is 0 Å². The van der Waals surface area contributed by atoms with Gasteiger partial charge >= 0.3 is 0 Å². The van der Waals surface area contributed by atoms with Crippen LogP contribution in [-0.2, 0) is 11.2 Å². The number of anilines is 2. The number of nitrogens with one attached hydrogen (secondary N) is 1. The Morgan fingerprint density at radius 3 is 2.63 bits per heavy atom. The summed E-state index contributed by atoms with van der Waals surface area (Å²) in [6.07, 6.45) is 0.240. The fourth-order valence-corrected chi connectivity index (χ4v) is 2.13. The molecule has 3 nitrogen and oxygen atoms in total. The van der Waals surface area contributed by atoms with Crippen LogP contribution in [0.1, 0.15) is 5.56 Å². The molecule has 0 aromatic heterocycles. The molecule has 1 amide bonds. The third-order valence-electron chi connectivity index (χ3n) is 2.52. The van der Waals surface area contributed by atoms with Crippen molar-refractivity contribution in [2.45, 2.75) is 6.42 Å². The van der Waals surface area contributed by atoms with Gasteiger partial charge in [-0.1, -0.05) is 35.3 Å². The largest absolute Gasteiger partial charge is 0.399 e. The molecule has 0 aliphatic carbocycles. The molecule has 0 aliphatic heterocycles. The Hall–Kier alpha value is -1.71. The predicted molar refractivity (Wildman–Crippen MR) is 79.7 cm³/mol. The molecule has 2 aromatic carbocycles. The molecular weight excluding hydrogens is 283 g/mol. The van der Waals surface area contributed by atoms with E-state index in [0.717, 1.165) is 5.56 Å². The minimum atomic E-state index is -0.158. The number of hydrogen-bond donors (Lipinski definition) is 2. The van der Waals surface area contributed by atoms with Gasteiger partial charge in [0, 0.05) is 10.7 Å². The second-order valence-corrected chi connectivity index (χ2v) is 4.94. The van der Waals surface area contributed by atoms with Crippen LogP contribution in [0, 0.1) is 0 Å². The number of nitrogens with two attached hydrogens (primary N) is 1. The highest BCUT2D eigenvalue weighted by atomic mass is 35.5. The molecule has 19 heavy (non-hydrogen) atoms. The number of amides is 1. The highest BCUT2D eigenvalue weighted by molar-refractivity contribution is 6.36. The number of halogens is 2. The number of benzene rings is 2. The van der Waals surface area contributed by atoms with Crippen molar-refractivity contribution in [1.29, 1.82) is 0 Å². The van der Waals surface area contributed by atoms with Crippen LogP contribution in [0.4, 0.5) is 11.4 Å². The van der Waals surface area contributed by atoms with Gasteiger partial charge in [-0.3, -0.25) is 4.79 Å². The Kier molecular flexibility index (Phi) is 4.30. The van der Waals surface area contributed by atoms with E-state index in [1.54, 1.807) is 30.3 Å². The number of rotatable bonds is 3. The van der Waals surface area contributed by atoms with E-state index >= 15 is 0 Å². The van der Waals surface area contributed by atoms with E-state index in [0.29, 0.717) is 21.4 Å². The summed E-state index contributed by atoms with van der Waals surface area (Å²) in [5.41, 5.74) is 7.69. The van der Waals surface area contributed by atoms with Gasteiger partial charge in [-0.2, -0.15) is 0 Å². The van der Waals surface area contributed by atoms with Crippen molar-refractivity contribution in [2.75, 3.05) is 11.1 Å². The first-order valence-electron chi connectivity index (χ1n) is 5.64. The molecule has 3 N–H and O–H groups in total. The number of hydrogen-bond acceptors (Lipinski definition) is 2. The second-order valence-electron chi connectivity index (χ2n) is 4.09. The molecule has 0 heterocycles. The SMILES string of the molecule is Nc1cccc(CC(=O)Nc2ccc(Cl)cc2Cl)c1. The van der Waals surface area contributed by atoms with Crippen LogP contribution < -0.4 is 11.1 Å². The second kappa shape index (κ2) is 5.95. The summed E-state index contributed by atoms with van der Waals surface area (Å²) in [6, 6.07) is 12.1. The maximum absolute atomic E-state index is 11.9. The van der Waals surface area contributed by atoms with Crippen LogP contribution >= 0.6 is 23.2 Å². The van der Waals surface area contributed by atoms with Gasteiger partial charge in [0.1, 0.15) is 0 Å². The molecule has 2 aromatic rings. The minimum Gasteiger partial charge on any atom is -0.399 e. The molecule has 0 saturated heterocycles. The highest BCUT2D eigenvalue weighted by Crippen LogP contribution is 2.25. The van der Waals surface area contributed by atoms with E-state index in [1.165, 1.54) is 0 Å². The van der Waals surface area contributed by atoms with Crippen molar-refractivity contribution in [2.24, 2.45) is 0 Å². The van der Waals surface area contributed by atoms with Crippen molar-refractivity contribution in [3.63, 3.8) is 0 Å². The lowest BCUT2D eigenvalue weighted by molar-refractivity contribution is -0.115. The molecule has 2 rings (SSSR count). The molecule has 5 heteroatoms. The van der Waals surface area contributed by atoms with Gasteiger partial charge in [0.2, 0.25) is 5.91 Å². The first-order chi connectivity index (χ1) is 9.04. The molecule has 0 fully saturated rings. The van der Waals surface area contributed by atoms with E-state index < -0.39 is 0 Å². The van der Waals surface area contributed by atoms with Gasteiger partial charge < -0.3 is 11.1 Å². The quantitative estimate of drug-likeness (QED) is 0.847. The lowest BCUT2D eigenvalue weighted by Gasteiger charge is -2.08. The third kappa shape index (κ3) is 3.88. The average Bonchev–Trinajstić information content (AvgIpc) is 2.33. The van der Waals surface area contributed by atoms with E-state index in [9.17, 15) is 4.79 Å². The maximum atomic E-state index is 11.9. The Balaban J connectivity index is 2.05. The Morgan fingerprint density at radius 2 is 1.95 bits per heavy atom. The van der Waals surface area contributed by atoms with E-state index in [1.807, 2.05) is 12.1 Å². The summed E-state index contributed by atoms with van der Waals surface area (Å²) in [5, 5.41) is 3.67. The van der Waals surface area contributed by atoms with Crippen LogP contribution in [0.25, 0.3) is 0 Å². The Morgan fingerprint density at radius 1 is 1.16 bits per heavy atom. The molecular formula is C14H12Cl2N2O. The summed E-state index contributed by atoms with van der Waals surface area (Å²) in [6.45, 7) is 0. The first-order valence-corrected chi connectivity index (χ1v) is 6.39. The zero-order valence-electron chi connectivity index (χ0n) is 9.99. The van der Waals surface area contributed by atoms with Gasteiger partial charge in [0.25, 0.3) is 0 Å². The van der Waals surface area contributed by atoms with E-state index in [4.69, 9.17) is 28.9 Å². The Bertz CT molecular complexity index is 614. The molecule has 0 radical (unpaired) electrons. The minimum absolute atomic E-state index is 0.158. The van der Waals surface area contributed by atoms with Crippen molar-refractivity contribution < 1.29 is 4.79 Å². The van der Waals surface area contributed by atoms with E-state index in [-0.39, 0.29) is 12.3 Å². The van der Waals surface area contributed by atoms with Gasteiger partial charge in [0.05, 0.1) is 17.1 Å². The normalized spacial score (nSPS) is 10.2. The van der Waals surface area contributed by atoms with Crippen molar-refractivity contribution in [3.8, 4) is 0 Å². The fraction of sp³-hybridized carbons (Fsp3) is 0.0714. The fourth-order valence-electron chi connectivity index (χ4n) is 1.67. The third-order valence-corrected chi connectivity index (χ3v) is 3.07. The highest BCUT2D eigenvalue weighted by Gasteiger charge is 2.07. The van der Waals surface area contributed by atoms with Gasteiger partial charge in [0.15, 0.2) is 0 Å². The van der Waals surface area contributed by atoms with Crippen LogP contribution in [0.3, 0.4) is 0 Å². The average molecular weight is 295 g/mol. The van der Waals surface area contributed by atoms with Crippen molar-refractivity contribution in [3.05, 3.63) is 58.1 Å². The Labute approximate surface area is 121 Å². The standard InChI is InChI=1S/C14H12Cl2N2O/c15-10-4-5-13(12(16)8-10)18-14(19)7-9-2-1-3-11(17)6-9/h1-6,8H,7,17H2,(H,18,19). The zero-order valence-corrected chi connectivity index (χ0v) is 11.5. The number of carbonyl (C=O) groups excluding carboxylic acids is 1. The molecule has 0 unspecified atom stereocenters. The molecule has 0 bridgehead atoms. The molecule has 0 aliphatic rings. The van der Waals surface area contributed by atoms with Crippen LogP contribution in [0.2, 0.25) is 10.0 Å².